The number of anilines is 1. The second kappa shape index (κ2) is 8.17. The number of hydrogen-bond donors (Lipinski definition) is 1. The van der Waals surface area contributed by atoms with Crippen molar-refractivity contribution in [1.29, 1.82) is 0 Å². The number of aryl methyl sites for hydroxylation is 1. The van der Waals surface area contributed by atoms with Crippen molar-refractivity contribution in [2.75, 3.05) is 5.32 Å². The van der Waals surface area contributed by atoms with Gasteiger partial charge in [0.05, 0.1) is 15.9 Å². The van der Waals surface area contributed by atoms with E-state index in [0.29, 0.717) is 17.1 Å². The van der Waals surface area contributed by atoms with Gasteiger partial charge in [-0.3, -0.25) is 14.9 Å². The molecule has 24 heavy (non-hydrogen) atoms. The summed E-state index contributed by atoms with van der Waals surface area (Å²) in [6.07, 6.45) is 0.632. The van der Waals surface area contributed by atoms with E-state index in [-0.39, 0.29) is 16.8 Å². The van der Waals surface area contributed by atoms with Gasteiger partial charge < -0.3 is 5.32 Å². The highest BCUT2D eigenvalue weighted by Gasteiger charge is 2.19. The summed E-state index contributed by atoms with van der Waals surface area (Å²) in [5.74, 6) is -0.180. The van der Waals surface area contributed by atoms with Gasteiger partial charge in [0.1, 0.15) is 0 Å². The SMILES string of the molecule is CC[C@H](Sc1ccc(Cl)cc1)C(=O)Nc1cc([N+](=O)[O-])ccc1C. The van der Waals surface area contributed by atoms with Crippen LogP contribution >= 0.6 is 23.4 Å². The quantitative estimate of drug-likeness (QED) is 0.441. The van der Waals surface area contributed by atoms with Crippen molar-refractivity contribution in [3.63, 3.8) is 0 Å². The van der Waals surface area contributed by atoms with Crippen molar-refractivity contribution in [2.24, 2.45) is 0 Å². The molecule has 2 aromatic carbocycles. The Morgan fingerprint density at radius 1 is 1.29 bits per heavy atom. The summed E-state index contributed by atoms with van der Waals surface area (Å²) < 4.78 is 0. The third-order valence-electron chi connectivity index (χ3n) is 3.45. The number of nitrogens with one attached hydrogen (secondary N) is 1. The number of thioether (sulfide) groups is 1. The van der Waals surface area contributed by atoms with Gasteiger partial charge in [0, 0.05) is 22.1 Å². The monoisotopic (exact) mass is 364 g/mol. The summed E-state index contributed by atoms with van der Waals surface area (Å²) in [6.45, 7) is 3.72. The van der Waals surface area contributed by atoms with Crippen LogP contribution in [0.5, 0.6) is 0 Å². The van der Waals surface area contributed by atoms with Crippen LogP contribution in [-0.4, -0.2) is 16.1 Å². The predicted octanol–water partition coefficient (Wildman–Crippen LogP) is 5.07. The van der Waals surface area contributed by atoms with E-state index in [9.17, 15) is 14.9 Å². The molecule has 0 aliphatic carbocycles. The highest BCUT2D eigenvalue weighted by molar-refractivity contribution is 8.00. The molecule has 1 amide bonds. The smallest absolute Gasteiger partial charge is 0.271 e. The van der Waals surface area contributed by atoms with E-state index in [1.807, 2.05) is 19.1 Å². The zero-order valence-electron chi connectivity index (χ0n) is 13.3. The van der Waals surface area contributed by atoms with Gasteiger partial charge in [-0.2, -0.15) is 0 Å². The summed E-state index contributed by atoms with van der Waals surface area (Å²) in [4.78, 5) is 23.9. The molecule has 2 aromatic rings. The molecule has 0 heterocycles. The van der Waals surface area contributed by atoms with Crippen LogP contribution < -0.4 is 5.32 Å². The number of nitrogens with zero attached hydrogens (tertiary/aromatic N) is 1. The highest BCUT2D eigenvalue weighted by atomic mass is 35.5. The third kappa shape index (κ3) is 4.72. The van der Waals surface area contributed by atoms with E-state index in [1.165, 1.54) is 23.9 Å². The molecule has 0 spiro atoms. The summed E-state index contributed by atoms with van der Waals surface area (Å²) in [7, 11) is 0. The first kappa shape index (κ1) is 18.3. The molecule has 0 saturated heterocycles. The Kier molecular flexibility index (Phi) is 6.23. The molecule has 1 N–H and O–H groups in total. The number of benzene rings is 2. The standard InChI is InChI=1S/C17H17ClN2O3S/c1-3-16(24-14-8-5-12(18)6-9-14)17(21)19-15-10-13(20(22)23)7-4-11(15)2/h4-10,16H,3H2,1-2H3,(H,19,21)/t16-/m0/s1. The van der Waals surface area contributed by atoms with Crippen LogP contribution in [0.3, 0.4) is 0 Å². The number of nitro benzene ring substituents is 1. The lowest BCUT2D eigenvalue weighted by Gasteiger charge is -2.16. The third-order valence-corrected chi connectivity index (χ3v) is 5.07. The van der Waals surface area contributed by atoms with Crippen molar-refractivity contribution in [3.05, 3.63) is 63.2 Å². The van der Waals surface area contributed by atoms with Gasteiger partial charge in [-0.25, -0.2) is 0 Å². The molecule has 0 aromatic heterocycles. The Balaban J connectivity index is 2.13. The minimum atomic E-state index is -0.477. The largest absolute Gasteiger partial charge is 0.325 e. The van der Waals surface area contributed by atoms with Gasteiger partial charge in [-0.05, 0) is 43.2 Å². The fraction of sp³-hybridized carbons (Fsp3) is 0.235. The van der Waals surface area contributed by atoms with Gasteiger partial charge in [0.25, 0.3) is 5.69 Å². The highest BCUT2D eigenvalue weighted by Crippen LogP contribution is 2.29. The van der Waals surface area contributed by atoms with Crippen molar-refractivity contribution >= 4 is 40.6 Å². The van der Waals surface area contributed by atoms with Gasteiger partial charge in [-0.1, -0.05) is 24.6 Å². The lowest BCUT2D eigenvalue weighted by molar-refractivity contribution is -0.384. The van der Waals surface area contributed by atoms with Crippen molar-refractivity contribution in [2.45, 2.75) is 30.4 Å². The maximum atomic E-state index is 12.5. The predicted molar refractivity (Wildman–Crippen MR) is 97.9 cm³/mol. The van der Waals surface area contributed by atoms with Crippen LogP contribution in [0, 0.1) is 17.0 Å². The normalized spacial score (nSPS) is 11.8. The van der Waals surface area contributed by atoms with Crippen molar-refractivity contribution < 1.29 is 9.72 Å². The molecular formula is C17H17ClN2O3S. The van der Waals surface area contributed by atoms with Crippen LogP contribution in [0.15, 0.2) is 47.4 Å². The van der Waals surface area contributed by atoms with E-state index in [4.69, 9.17) is 11.6 Å². The lowest BCUT2D eigenvalue weighted by atomic mass is 10.1. The number of amides is 1. The van der Waals surface area contributed by atoms with E-state index in [0.717, 1.165) is 10.5 Å². The molecule has 126 valence electrons. The van der Waals surface area contributed by atoms with Crippen molar-refractivity contribution in [1.82, 2.24) is 0 Å². The maximum absolute atomic E-state index is 12.5. The Bertz CT molecular complexity index is 750. The van der Waals surface area contributed by atoms with Gasteiger partial charge in [-0.15, -0.1) is 11.8 Å². The Hall–Kier alpha value is -2.05. The molecule has 7 heteroatoms. The molecule has 5 nitrogen and oxygen atoms in total. The topological polar surface area (TPSA) is 72.2 Å². The maximum Gasteiger partial charge on any atom is 0.271 e. The number of non-ortho nitro benzene ring substituents is 1. The van der Waals surface area contributed by atoms with Crippen LogP contribution in [-0.2, 0) is 4.79 Å². The molecule has 0 aliphatic heterocycles. The van der Waals surface area contributed by atoms with E-state index in [2.05, 4.69) is 5.32 Å². The van der Waals surface area contributed by atoms with E-state index in [1.54, 1.807) is 25.1 Å². The number of carbonyl (C=O) groups is 1. The zero-order chi connectivity index (χ0) is 17.7. The molecule has 0 aliphatic rings. The molecule has 0 radical (unpaired) electrons. The Morgan fingerprint density at radius 2 is 1.96 bits per heavy atom. The fourth-order valence-corrected chi connectivity index (χ4v) is 3.15. The van der Waals surface area contributed by atoms with Crippen molar-refractivity contribution in [3.8, 4) is 0 Å². The van der Waals surface area contributed by atoms with Gasteiger partial charge >= 0.3 is 0 Å². The number of nitro groups is 1. The summed E-state index contributed by atoms with van der Waals surface area (Å²) in [5.41, 5.74) is 1.19. The van der Waals surface area contributed by atoms with Crippen LogP contribution in [0.1, 0.15) is 18.9 Å². The molecule has 0 saturated carbocycles. The van der Waals surface area contributed by atoms with Crippen LogP contribution in [0.25, 0.3) is 0 Å². The number of carbonyl (C=O) groups excluding carboxylic acids is 1. The Morgan fingerprint density at radius 3 is 2.54 bits per heavy atom. The van der Waals surface area contributed by atoms with E-state index >= 15 is 0 Å². The first-order chi connectivity index (χ1) is 11.4. The van der Waals surface area contributed by atoms with Gasteiger partial charge in [0.2, 0.25) is 5.91 Å². The fourth-order valence-electron chi connectivity index (χ4n) is 2.07. The molecule has 0 bridgehead atoms. The second-order valence-corrected chi connectivity index (χ2v) is 6.93. The second-order valence-electron chi connectivity index (χ2n) is 5.21. The number of rotatable bonds is 6. The molecule has 1 atom stereocenters. The minimum Gasteiger partial charge on any atom is -0.325 e. The minimum absolute atomic E-state index is 0.0469. The van der Waals surface area contributed by atoms with E-state index < -0.39 is 4.92 Å². The zero-order valence-corrected chi connectivity index (χ0v) is 14.9. The molecular weight excluding hydrogens is 348 g/mol. The average molecular weight is 365 g/mol. The lowest BCUT2D eigenvalue weighted by Crippen LogP contribution is -2.25. The first-order valence-electron chi connectivity index (χ1n) is 7.39. The van der Waals surface area contributed by atoms with Crippen LogP contribution in [0.4, 0.5) is 11.4 Å². The first-order valence-corrected chi connectivity index (χ1v) is 8.64. The summed E-state index contributed by atoms with van der Waals surface area (Å²) in [5, 5.41) is 14.0. The van der Waals surface area contributed by atoms with Crippen LogP contribution in [0.2, 0.25) is 5.02 Å². The molecule has 0 fully saturated rings. The molecule has 0 unspecified atom stereocenters. The van der Waals surface area contributed by atoms with Gasteiger partial charge in [0.15, 0.2) is 0 Å². The molecule has 2 rings (SSSR count). The average Bonchev–Trinajstić information content (AvgIpc) is 2.56. The number of hydrogen-bond acceptors (Lipinski definition) is 4. The summed E-state index contributed by atoms with van der Waals surface area (Å²) in [6, 6.07) is 11.7. The summed E-state index contributed by atoms with van der Waals surface area (Å²) >= 11 is 7.30. The number of halogens is 1. The Labute approximate surface area is 149 Å².